The summed E-state index contributed by atoms with van der Waals surface area (Å²) in [6.07, 6.45) is -1.05. The molecule has 2 aliphatic heterocycles. The molecule has 0 radical (unpaired) electrons. The number of carbonyl (C=O) groups excluding carboxylic acids is 1. The van der Waals surface area contributed by atoms with Crippen molar-refractivity contribution in [2.75, 3.05) is 47.4 Å². The van der Waals surface area contributed by atoms with E-state index in [9.17, 15) is 13.2 Å². The van der Waals surface area contributed by atoms with E-state index in [-0.39, 0.29) is 17.2 Å². The molecule has 3 aromatic rings. The number of anilines is 3. The van der Waals surface area contributed by atoms with E-state index in [1.165, 1.54) is 22.5 Å². The molecule has 1 atom stereocenters. The Morgan fingerprint density at radius 3 is 2.40 bits per heavy atom. The van der Waals surface area contributed by atoms with Crippen LogP contribution in [-0.2, 0) is 19.6 Å². The molecule has 182 valence electrons. The number of halogens is 1. The minimum Gasteiger partial charge on any atom is -0.476 e. The fraction of sp³-hybridized carbons (Fsp3) is 0.240. The van der Waals surface area contributed by atoms with E-state index >= 15 is 0 Å². The van der Waals surface area contributed by atoms with Gasteiger partial charge in [0, 0.05) is 29.5 Å². The van der Waals surface area contributed by atoms with E-state index in [1.807, 2.05) is 24.3 Å². The number of nitrogens with zero attached hydrogens (tertiary/aromatic N) is 2. The highest BCUT2D eigenvalue weighted by Crippen LogP contribution is 2.39. The molecule has 2 heterocycles. The fourth-order valence-electron chi connectivity index (χ4n) is 4.11. The highest BCUT2D eigenvalue weighted by atomic mass is 35.5. The molecular formula is C25H24ClN3O5S. The zero-order valence-corrected chi connectivity index (χ0v) is 20.3. The number of benzene rings is 3. The molecule has 1 saturated heterocycles. The van der Waals surface area contributed by atoms with Gasteiger partial charge in [0.05, 0.1) is 30.3 Å². The first-order valence-corrected chi connectivity index (χ1v) is 13.0. The summed E-state index contributed by atoms with van der Waals surface area (Å²) in [5.74, 6) is -0.180. The molecule has 10 heteroatoms. The van der Waals surface area contributed by atoms with Crippen LogP contribution in [0.15, 0.2) is 77.7 Å². The zero-order valence-electron chi connectivity index (χ0n) is 18.8. The predicted molar refractivity (Wildman–Crippen MR) is 135 cm³/mol. The Kier molecular flexibility index (Phi) is 6.55. The number of amides is 1. The van der Waals surface area contributed by atoms with Crippen LogP contribution in [-0.4, -0.2) is 53.3 Å². The number of ether oxygens (including phenoxy) is 2. The first kappa shape index (κ1) is 23.5. The Hall–Kier alpha value is -3.27. The molecule has 2 aliphatic rings. The lowest BCUT2D eigenvalue weighted by Gasteiger charge is -2.35. The van der Waals surface area contributed by atoms with Crippen molar-refractivity contribution >= 4 is 44.6 Å². The molecule has 0 aliphatic carbocycles. The van der Waals surface area contributed by atoms with Crippen LogP contribution in [0.5, 0.6) is 5.75 Å². The summed E-state index contributed by atoms with van der Waals surface area (Å²) in [4.78, 5) is 15.5. The van der Waals surface area contributed by atoms with Crippen LogP contribution in [0.2, 0.25) is 5.02 Å². The second kappa shape index (κ2) is 9.77. The number of fused-ring (bicyclic) bond motifs is 1. The van der Waals surface area contributed by atoms with Crippen LogP contribution in [0, 0.1) is 0 Å². The highest BCUT2D eigenvalue weighted by molar-refractivity contribution is 7.92. The van der Waals surface area contributed by atoms with Gasteiger partial charge in [0.15, 0.2) is 6.10 Å². The topological polar surface area (TPSA) is 88.2 Å². The number of carbonyl (C=O) groups is 1. The molecule has 1 amide bonds. The standard InChI is InChI=1S/C25H24ClN3O5S/c26-18-6-11-23-22(16-18)29(35(31,32)21-4-2-1-3-5-21)17-24(34-23)25(30)27-19-7-9-20(10-8-19)28-12-14-33-15-13-28/h1-11,16,24H,12-15,17H2,(H,27,30)/t24-/m0/s1. The third-order valence-corrected chi connectivity index (χ3v) is 7.95. The van der Waals surface area contributed by atoms with E-state index < -0.39 is 22.0 Å². The van der Waals surface area contributed by atoms with Gasteiger partial charge in [-0.1, -0.05) is 29.8 Å². The molecule has 0 aromatic heterocycles. The third-order valence-electron chi connectivity index (χ3n) is 5.93. The maximum absolute atomic E-state index is 13.5. The molecule has 1 N–H and O–H groups in total. The van der Waals surface area contributed by atoms with E-state index in [0.29, 0.717) is 29.6 Å². The molecule has 0 saturated carbocycles. The normalized spacial score (nSPS) is 17.9. The average Bonchev–Trinajstić information content (AvgIpc) is 2.89. The third kappa shape index (κ3) is 4.93. The van der Waals surface area contributed by atoms with Gasteiger partial charge in [-0.2, -0.15) is 0 Å². The van der Waals surface area contributed by atoms with Crippen molar-refractivity contribution in [3.63, 3.8) is 0 Å². The van der Waals surface area contributed by atoms with Crippen molar-refractivity contribution < 1.29 is 22.7 Å². The summed E-state index contributed by atoms with van der Waals surface area (Å²) in [5, 5.41) is 3.21. The van der Waals surface area contributed by atoms with Gasteiger partial charge in [-0.15, -0.1) is 0 Å². The summed E-state index contributed by atoms with van der Waals surface area (Å²) in [5.41, 5.74) is 1.93. The van der Waals surface area contributed by atoms with Crippen molar-refractivity contribution in [1.82, 2.24) is 0 Å². The van der Waals surface area contributed by atoms with Gasteiger partial charge in [0.25, 0.3) is 15.9 Å². The average molecular weight is 514 g/mol. The summed E-state index contributed by atoms with van der Waals surface area (Å²) in [7, 11) is -3.95. The summed E-state index contributed by atoms with van der Waals surface area (Å²) in [6, 6.07) is 20.3. The maximum atomic E-state index is 13.5. The van der Waals surface area contributed by atoms with E-state index in [4.69, 9.17) is 21.1 Å². The summed E-state index contributed by atoms with van der Waals surface area (Å²) >= 11 is 6.15. The number of nitrogens with one attached hydrogen (secondary N) is 1. The molecule has 5 rings (SSSR count). The van der Waals surface area contributed by atoms with Gasteiger partial charge in [0.2, 0.25) is 0 Å². The lowest BCUT2D eigenvalue weighted by molar-refractivity contribution is -0.122. The van der Waals surface area contributed by atoms with E-state index in [1.54, 1.807) is 30.3 Å². The summed E-state index contributed by atoms with van der Waals surface area (Å²) < 4.78 is 39.4. The Bertz CT molecular complexity index is 1310. The second-order valence-electron chi connectivity index (χ2n) is 8.20. The largest absolute Gasteiger partial charge is 0.476 e. The van der Waals surface area contributed by atoms with Gasteiger partial charge < -0.3 is 19.7 Å². The van der Waals surface area contributed by atoms with Crippen molar-refractivity contribution in [2.24, 2.45) is 0 Å². The van der Waals surface area contributed by atoms with Crippen LogP contribution in [0.1, 0.15) is 0 Å². The number of rotatable bonds is 5. The molecule has 8 nitrogen and oxygen atoms in total. The number of sulfonamides is 1. The number of morpholine rings is 1. The first-order valence-electron chi connectivity index (χ1n) is 11.2. The first-order chi connectivity index (χ1) is 16.9. The van der Waals surface area contributed by atoms with E-state index in [0.717, 1.165) is 18.8 Å². The van der Waals surface area contributed by atoms with Crippen LogP contribution in [0.4, 0.5) is 17.1 Å². The molecule has 0 bridgehead atoms. The molecule has 1 fully saturated rings. The lowest BCUT2D eigenvalue weighted by Crippen LogP contribution is -2.48. The van der Waals surface area contributed by atoms with Gasteiger partial charge >= 0.3 is 0 Å². The van der Waals surface area contributed by atoms with Gasteiger partial charge in [-0.3, -0.25) is 9.10 Å². The molecule has 0 unspecified atom stereocenters. The van der Waals surface area contributed by atoms with Crippen LogP contribution in [0.25, 0.3) is 0 Å². The smallest absolute Gasteiger partial charge is 0.267 e. The maximum Gasteiger partial charge on any atom is 0.267 e. The zero-order chi connectivity index (χ0) is 24.4. The minimum absolute atomic E-state index is 0.116. The summed E-state index contributed by atoms with van der Waals surface area (Å²) in [6.45, 7) is 2.81. The van der Waals surface area contributed by atoms with Crippen molar-refractivity contribution in [2.45, 2.75) is 11.0 Å². The minimum atomic E-state index is -3.95. The molecular weight excluding hydrogens is 490 g/mol. The number of hydrogen-bond donors (Lipinski definition) is 1. The SMILES string of the molecule is O=C(Nc1ccc(N2CCOCC2)cc1)[C@@H]1CN(S(=O)(=O)c2ccccc2)c2cc(Cl)ccc2O1. The van der Waals surface area contributed by atoms with Crippen molar-refractivity contribution in [3.05, 3.63) is 77.8 Å². The Morgan fingerprint density at radius 2 is 1.69 bits per heavy atom. The molecule has 0 spiro atoms. The van der Waals surface area contributed by atoms with Gasteiger partial charge in [-0.25, -0.2) is 8.42 Å². The van der Waals surface area contributed by atoms with Gasteiger partial charge in [-0.05, 0) is 54.6 Å². The number of hydrogen-bond acceptors (Lipinski definition) is 6. The Labute approximate surface area is 209 Å². The lowest BCUT2D eigenvalue weighted by atomic mass is 10.2. The van der Waals surface area contributed by atoms with E-state index in [2.05, 4.69) is 10.2 Å². The molecule has 35 heavy (non-hydrogen) atoms. The Balaban J connectivity index is 1.37. The quantitative estimate of drug-likeness (QED) is 0.559. The Morgan fingerprint density at radius 1 is 0.971 bits per heavy atom. The predicted octanol–water partition coefficient (Wildman–Crippen LogP) is 3.77. The van der Waals surface area contributed by atoms with Crippen LogP contribution in [0.3, 0.4) is 0 Å². The monoisotopic (exact) mass is 513 g/mol. The second-order valence-corrected chi connectivity index (χ2v) is 10.5. The highest BCUT2D eigenvalue weighted by Gasteiger charge is 2.37. The van der Waals surface area contributed by atoms with Crippen molar-refractivity contribution in [1.29, 1.82) is 0 Å². The van der Waals surface area contributed by atoms with Crippen LogP contribution < -0.4 is 19.3 Å². The van der Waals surface area contributed by atoms with Gasteiger partial charge in [0.1, 0.15) is 5.75 Å². The fourth-order valence-corrected chi connectivity index (χ4v) is 5.76. The van der Waals surface area contributed by atoms with Crippen LogP contribution >= 0.6 is 11.6 Å². The van der Waals surface area contributed by atoms with Crippen molar-refractivity contribution in [3.8, 4) is 5.75 Å². The molecule has 3 aromatic carbocycles.